The number of nitrogens with two attached hydrogens (primary N) is 1. The van der Waals surface area contributed by atoms with E-state index in [-0.39, 0.29) is 18.0 Å². The molecule has 2 N–H and O–H groups in total. The molecule has 0 spiro atoms. The number of hydrogen-bond acceptors (Lipinski definition) is 2. The maximum Gasteiger partial charge on any atom is 0.461 e. The number of ether oxygens (including phenoxy) is 1. The van der Waals surface area contributed by atoms with E-state index in [0.29, 0.717) is 0 Å². The molecule has 0 heterocycles. The second kappa shape index (κ2) is 6.85. The van der Waals surface area contributed by atoms with Crippen LogP contribution in [0.25, 0.3) is 0 Å². The van der Waals surface area contributed by atoms with Crippen LogP contribution in [0.5, 0.6) is 5.75 Å². The third-order valence-electron chi connectivity index (χ3n) is 2.02. The van der Waals surface area contributed by atoms with Crippen LogP contribution in [0.15, 0.2) is 24.3 Å². The van der Waals surface area contributed by atoms with Gasteiger partial charge in [0.2, 0.25) is 0 Å². The lowest BCUT2D eigenvalue weighted by Gasteiger charge is -2.18. The lowest BCUT2D eigenvalue weighted by atomic mass is 10.1. The minimum Gasteiger partial charge on any atom is -0.428 e. The van der Waals surface area contributed by atoms with Gasteiger partial charge in [0.25, 0.3) is 6.43 Å². The van der Waals surface area contributed by atoms with Crippen molar-refractivity contribution in [3.8, 4) is 5.75 Å². The van der Waals surface area contributed by atoms with Crippen LogP contribution in [0.1, 0.15) is 11.6 Å². The van der Waals surface area contributed by atoms with Crippen LogP contribution in [0.3, 0.4) is 0 Å². The molecule has 0 unspecified atom stereocenters. The normalized spacial score (nSPS) is 13.3. The molecule has 0 aromatic heterocycles. The lowest BCUT2D eigenvalue weighted by molar-refractivity contribution is -0.253. The SMILES string of the molecule is Cl.N[C@H](c1cccc(OC(F)(F)C(F)F)c1)C(F)F. The Morgan fingerprint density at radius 1 is 1.11 bits per heavy atom. The predicted octanol–water partition coefficient (Wildman–Crippen LogP) is 3.61. The summed E-state index contributed by atoms with van der Waals surface area (Å²) in [4.78, 5) is 0. The van der Waals surface area contributed by atoms with Gasteiger partial charge in [0, 0.05) is 0 Å². The first-order chi connectivity index (χ1) is 8.24. The Labute approximate surface area is 110 Å². The highest BCUT2D eigenvalue weighted by atomic mass is 35.5. The lowest BCUT2D eigenvalue weighted by Crippen LogP contribution is -2.33. The summed E-state index contributed by atoms with van der Waals surface area (Å²) in [5, 5.41) is 0. The van der Waals surface area contributed by atoms with E-state index in [1.807, 2.05) is 0 Å². The quantitative estimate of drug-likeness (QED) is 0.843. The first-order valence-electron chi connectivity index (χ1n) is 4.72. The van der Waals surface area contributed by atoms with Crippen molar-refractivity contribution in [2.45, 2.75) is 25.0 Å². The molecule has 0 saturated carbocycles. The maximum atomic E-state index is 12.6. The van der Waals surface area contributed by atoms with Crippen LogP contribution in [-0.4, -0.2) is 19.0 Å². The second-order valence-corrected chi connectivity index (χ2v) is 3.40. The highest BCUT2D eigenvalue weighted by Crippen LogP contribution is 2.29. The van der Waals surface area contributed by atoms with Crippen LogP contribution in [0, 0.1) is 0 Å². The van der Waals surface area contributed by atoms with Crippen molar-refractivity contribution in [2.75, 3.05) is 0 Å². The summed E-state index contributed by atoms with van der Waals surface area (Å²) in [6, 6.07) is 2.28. The summed E-state index contributed by atoms with van der Waals surface area (Å²) < 4.78 is 77.2. The third-order valence-corrected chi connectivity index (χ3v) is 2.02. The van der Waals surface area contributed by atoms with E-state index >= 15 is 0 Å². The monoisotopic (exact) mass is 309 g/mol. The van der Waals surface area contributed by atoms with Gasteiger partial charge < -0.3 is 10.5 Å². The van der Waals surface area contributed by atoms with Crippen molar-refractivity contribution in [3.63, 3.8) is 0 Å². The molecule has 0 fully saturated rings. The summed E-state index contributed by atoms with van der Waals surface area (Å²) in [6.45, 7) is 0. The molecule has 0 radical (unpaired) electrons. The summed E-state index contributed by atoms with van der Waals surface area (Å²) >= 11 is 0. The Bertz CT molecular complexity index is 403. The Kier molecular flexibility index (Phi) is 6.44. The Morgan fingerprint density at radius 2 is 1.68 bits per heavy atom. The molecule has 19 heavy (non-hydrogen) atoms. The molecule has 0 aliphatic heterocycles. The van der Waals surface area contributed by atoms with Crippen molar-refractivity contribution in [1.82, 2.24) is 0 Å². The van der Waals surface area contributed by atoms with Gasteiger partial charge in [0.1, 0.15) is 5.75 Å². The van der Waals surface area contributed by atoms with Gasteiger partial charge in [-0.2, -0.15) is 17.6 Å². The first-order valence-corrected chi connectivity index (χ1v) is 4.72. The minimum atomic E-state index is -4.69. The predicted molar refractivity (Wildman–Crippen MR) is 58.2 cm³/mol. The number of rotatable bonds is 5. The molecule has 9 heteroatoms. The van der Waals surface area contributed by atoms with Crippen molar-refractivity contribution in [2.24, 2.45) is 5.73 Å². The van der Waals surface area contributed by atoms with Crippen LogP contribution in [0.2, 0.25) is 0 Å². The van der Waals surface area contributed by atoms with Crippen molar-refractivity contribution in [3.05, 3.63) is 29.8 Å². The van der Waals surface area contributed by atoms with Gasteiger partial charge in [-0.3, -0.25) is 0 Å². The summed E-state index contributed by atoms with van der Waals surface area (Å²) in [7, 11) is 0. The average Bonchev–Trinajstić information content (AvgIpc) is 2.27. The highest BCUT2D eigenvalue weighted by molar-refractivity contribution is 5.85. The molecule has 0 aliphatic rings. The van der Waals surface area contributed by atoms with Crippen molar-refractivity contribution < 1.29 is 31.1 Å². The van der Waals surface area contributed by atoms with E-state index < -0.39 is 30.8 Å². The molecule has 2 nitrogen and oxygen atoms in total. The molecule has 0 saturated heterocycles. The van der Waals surface area contributed by atoms with E-state index in [2.05, 4.69) is 4.74 Å². The topological polar surface area (TPSA) is 35.2 Å². The second-order valence-electron chi connectivity index (χ2n) is 3.40. The number of alkyl halides is 6. The van der Waals surface area contributed by atoms with Crippen LogP contribution in [0.4, 0.5) is 26.3 Å². The number of hydrogen-bond donors (Lipinski definition) is 1. The average molecular weight is 310 g/mol. The van der Waals surface area contributed by atoms with Crippen LogP contribution < -0.4 is 10.5 Å². The molecule has 0 amide bonds. The van der Waals surface area contributed by atoms with Crippen LogP contribution in [-0.2, 0) is 0 Å². The zero-order valence-electron chi connectivity index (χ0n) is 9.20. The van der Waals surface area contributed by atoms with Gasteiger partial charge in [-0.1, -0.05) is 12.1 Å². The Balaban J connectivity index is 0.00000324. The zero-order chi connectivity index (χ0) is 13.9. The van der Waals surface area contributed by atoms with E-state index in [1.165, 1.54) is 0 Å². The molecule has 1 atom stereocenters. The van der Waals surface area contributed by atoms with Gasteiger partial charge >= 0.3 is 12.5 Å². The summed E-state index contributed by atoms with van der Waals surface area (Å²) in [5.74, 6) is -0.658. The standard InChI is InChI=1S/C10H9F6NO.ClH/c11-8(12)7(17)5-2-1-3-6(4-5)18-10(15,16)9(13)14;/h1-4,7-9H,17H2;1H/t7-;/m1./s1. The molecule has 0 bridgehead atoms. The fourth-order valence-electron chi connectivity index (χ4n) is 1.13. The Morgan fingerprint density at radius 3 is 2.16 bits per heavy atom. The molecule has 1 aromatic rings. The molecule has 1 rings (SSSR count). The van der Waals surface area contributed by atoms with Gasteiger partial charge in [0.05, 0.1) is 6.04 Å². The van der Waals surface area contributed by atoms with Gasteiger partial charge in [-0.25, -0.2) is 8.78 Å². The highest BCUT2D eigenvalue weighted by Gasteiger charge is 2.44. The van der Waals surface area contributed by atoms with Crippen molar-refractivity contribution >= 4 is 12.4 Å². The molecule has 110 valence electrons. The van der Waals surface area contributed by atoms with E-state index in [1.54, 1.807) is 0 Å². The van der Waals surface area contributed by atoms with Gasteiger partial charge in [-0.05, 0) is 17.7 Å². The Hall–Kier alpha value is -1.15. The number of benzene rings is 1. The molecule has 0 aliphatic carbocycles. The fraction of sp³-hybridized carbons (Fsp3) is 0.400. The van der Waals surface area contributed by atoms with E-state index in [4.69, 9.17) is 5.73 Å². The number of halogens is 7. The fourth-order valence-corrected chi connectivity index (χ4v) is 1.13. The largest absolute Gasteiger partial charge is 0.461 e. The summed E-state index contributed by atoms with van der Waals surface area (Å²) in [5.41, 5.74) is 4.90. The molecular formula is C10H10ClF6NO. The molecular weight excluding hydrogens is 300 g/mol. The van der Waals surface area contributed by atoms with Gasteiger partial charge in [-0.15, -0.1) is 12.4 Å². The maximum absolute atomic E-state index is 12.6. The zero-order valence-corrected chi connectivity index (χ0v) is 10.0. The first kappa shape index (κ1) is 17.8. The van der Waals surface area contributed by atoms with Crippen molar-refractivity contribution in [1.29, 1.82) is 0 Å². The smallest absolute Gasteiger partial charge is 0.428 e. The van der Waals surface area contributed by atoms with Crippen LogP contribution >= 0.6 is 12.4 Å². The van der Waals surface area contributed by atoms with E-state index in [0.717, 1.165) is 24.3 Å². The van der Waals surface area contributed by atoms with E-state index in [9.17, 15) is 26.3 Å². The molecule has 1 aromatic carbocycles. The third kappa shape index (κ3) is 4.79. The van der Waals surface area contributed by atoms with Gasteiger partial charge in [0.15, 0.2) is 0 Å². The summed E-state index contributed by atoms with van der Waals surface area (Å²) in [6.07, 6.45) is -11.6. The minimum absolute atomic E-state index is 0.